The van der Waals surface area contributed by atoms with E-state index in [2.05, 4.69) is 9.88 Å². The maximum absolute atomic E-state index is 13.3. The zero-order chi connectivity index (χ0) is 22.3. The number of aromatic nitrogens is 2. The van der Waals surface area contributed by atoms with E-state index in [1.807, 2.05) is 15.7 Å². The molecule has 1 aliphatic rings. The molecule has 32 heavy (non-hydrogen) atoms. The van der Waals surface area contributed by atoms with Crippen LogP contribution in [0.1, 0.15) is 21.7 Å². The monoisotopic (exact) mass is 456 g/mol. The average Bonchev–Trinajstić information content (AvgIpc) is 3.25. The molecule has 8 heteroatoms. The van der Waals surface area contributed by atoms with Gasteiger partial charge in [0.15, 0.2) is 0 Å². The summed E-state index contributed by atoms with van der Waals surface area (Å²) < 4.78 is 20.7. The molecule has 168 valence electrons. The lowest BCUT2D eigenvalue weighted by Gasteiger charge is -2.30. The zero-order valence-electron chi connectivity index (χ0n) is 17.8. The molecule has 0 spiro atoms. The summed E-state index contributed by atoms with van der Waals surface area (Å²) in [5.74, 6) is 0.451. The molecule has 0 aliphatic carbocycles. The summed E-state index contributed by atoms with van der Waals surface area (Å²) in [7, 11) is 0. The van der Waals surface area contributed by atoms with Crippen molar-refractivity contribution in [2.24, 2.45) is 0 Å². The Bertz CT molecular complexity index is 1020. The summed E-state index contributed by atoms with van der Waals surface area (Å²) in [6.07, 6.45) is 3.61. The highest BCUT2D eigenvalue weighted by atomic mass is 35.5. The van der Waals surface area contributed by atoms with Crippen LogP contribution < -0.4 is 0 Å². The van der Waals surface area contributed by atoms with E-state index in [9.17, 15) is 9.18 Å². The van der Waals surface area contributed by atoms with E-state index in [4.69, 9.17) is 16.3 Å². The van der Waals surface area contributed by atoms with Gasteiger partial charge in [0.2, 0.25) is 0 Å². The van der Waals surface area contributed by atoms with Crippen LogP contribution in [0, 0.1) is 5.82 Å². The third kappa shape index (κ3) is 5.94. The van der Waals surface area contributed by atoms with Gasteiger partial charge >= 0.3 is 0 Å². The number of halogens is 2. The van der Waals surface area contributed by atoms with Crippen molar-refractivity contribution in [3.8, 4) is 0 Å². The quantitative estimate of drug-likeness (QED) is 0.518. The first-order chi connectivity index (χ1) is 15.6. The maximum Gasteiger partial charge on any atom is 0.254 e. The highest BCUT2D eigenvalue weighted by Crippen LogP contribution is 2.15. The fourth-order valence-electron chi connectivity index (χ4n) is 3.71. The largest absolute Gasteiger partial charge is 0.379 e. The Labute approximate surface area is 192 Å². The molecule has 2 aromatic carbocycles. The fourth-order valence-corrected chi connectivity index (χ4v) is 3.83. The molecule has 0 N–H and O–H groups in total. The number of amides is 1. The van der Waals surface area contributed by atoms with Gasteiger partial charge in [0, 0.05) is 55.7 Å². The normalized spacial score (nSPS) is 14.4. The second-order valence-electron chi connectivity index (χ2n) is 7.79. The van der Waals surface area contributed by atoms with Crippen LogP contribution in [0.5, 0.6) is 0 Å². The lowest BCUT2D eigenvalue weighted by atomic mass is 10.2. The Kier molecular flexibility index (Phi) is 7.52. The van der Waals surface area contributed by atoms with Crippen LogP contribution in [0.25, 0.3) is 0 Å². The Morgan fingerprint density at radius 1 is 1.09 bits per heavy atom. The van der Waals surface area contributed by atoms with Gasteiger partial charge in [0.05, 0.1) is 19.8 Å². The highest BCUT2D eigenvalue weighted by Gasteiger charge is 2.20. The number of ether oxygens (including phenoxy) is 1. The molecule has 1 aliphatic heterocycles. The van der Waals surface area contributed by atoms with Gasteiger partial charge < -0.3 is 14.2 Å². The van der Waals surface area contributed by atoms with Crippen molar-refractivity contribution in [2.75, 3.05) is 39.4 Å². The van der Waals surface area contributed by atoms with Gasteiger partial charge in [-0.15, -0.1) is 0 Å². The number of morpholine rings is 1. The van der Waals surface area contributed by atoms with Crippen LogP contribution in [0.4, 0.5) is 4.39 Å². The number of carbonyl (C=O) groups excluding carboxylic acids is 1. The van der Waals surface area contributed by atoms with Gasteiger partial charge in [-0.05, 0) is 42.0 Å². The summed E-state index contributed by atoms with van der Waals surface area (Å²) in [6, 6.07) is 13.4. The van der Waals surface area contributed by atoms with Crippen LogP contribution in [0.15, 0.2) is 60.9 Å². The van der Waals surface area contributed by atoms with E-state index >= 15 is 0 Å². The Morgan fingerprint density at radius 2 is 1.81 bits per heavy atom. The molecular formula is C24H26ClFN4O2. The van der Waals surface area contributed by atoms with Crippen LogP contribution in [0.2, 0.25) is 5.02 Å². The molecule has 0 bridgehead atoms. The van der Waals surface area contributed by atoms with Gasteiger partial charge in [0.25, 0.3) is 5.91 Å². The Balaban J connectivity index is 1.50. The van der Waals surface area contributed by atoms with Gasteiger partial charge in [-0.25, -0.2) is 9.37 Å². The summed E-state index contributed by atoms with van der Waals surface area (Å²) in [5.41, 5.74) is 1.56. The number of hydrogen-bond donors (Lipinski definition) is 0. The number of hydrogen-bond acceptors (Lipinski definition) is 4. The van der Waals surface area contributed by atoms with E-state index in [1.165, 1.54) is 12.1 Å². The topological polar surface area (TPSA) is 50.6 Å². The molecule has 0 radical (unpaired) electrons. The first-order valence-electron chi connectivity index (χ1n) is 10.7. The minimum absolute atomic E-state index is 0.0636. The molecule has 3 aromatic rings. The van der Waals surface area contributed by atoms with E-state index in [-0.39, 0.29) is 11.7 Å². The molecular weight excluding hydrogens is 431 g/mol. The first-order valence-corrected chi connectivity index (χ1v) is 11.1. The van der Waals surface area contributed by atoms with Crippen LogP contribution in [-0.2, 0) is 17.8 Å². The number of benzene rings is 2. The van der Waals surface area contributed by atoms with E-state index in [0.29, 0.717) is 43.4 Å². The van der Waals surface area contributed by atoms with Crippen molar-refractivity contribution in [3.05, 3.63) is 88.7 Å². The maximum atomic E-state index is 13.3. The average molecular weight is 457 g/mol. The highest BCUT2D eigenvalue weighted by molar-refractivity contribution is 6.30. The van der Waals surface area contributed by atoms with E-state index in [1.54, 1.807) is 42.6 Å². The minimum Gasteiger partial charge on any atom is -0.379 e. The van der Waals surface area contributed by atoms with Crippen molar-refractivity contribution in [2.45, 2.75) is 13.1 Å². The van der Waals surface area contributed by atoms with Crippen molar-refractivity contribution in [1.82, 2.24) is 19.4 Å². The van der Waals surface area contributed by atoms with Crippen molar-refractivity contribution < 1.29 is 13.9 Å². The zero-order valence-corrected chi connectivity index (χ0v) is 18.5. The summed E-state index contributed by atoms with van der Waals surface area (Å²) in [4.78, 5) is 21.9. The summed E-state index contributed by atoms with van der Waals surface area (Å²) in [5, 5.41) is 0.594. The third-order valence-corrected chi connectivity index (χ3v) is 5.82. The van der Waals surface area contributed by atoms with Crippen molar-refractivity contribution in [1.29, 1.82) is 0 Å². The molecule has 1 amide bonds. The molecule has 6 nitrogen and oxygen atoms in total. The smallest absolute Gasteiger partial charge is 0.254 e. The molecule has 1 fully saturated rings. The summed E-state index contributed by atoms with van der Waals surface area (Å²) in [6.45, 7) is 5.43. The van der Waals surface area contributed by atoms with Crippen LogP contribution >= 0.6 is 11.6 Å². The lowest BCUT2D eigenvalue weighted by molar-refractivity contribution is 0.0318. The summed E-state index contributed by atoms with van der Waals surface area (Å²) >= 11 is 6.00. The SMILES string of the molecule is O=C(c1ccc(Cl)cc1)N(CCN1CCOCC1)Cc1nccn1Cc1ccc(F)cc1. The number of carbonyl (C=O) groups is 1. The van der Waals surface area contributed by atoms with Gasteiger partial charge in [-0.2, -0.15) is 0 Å². The molecule has 2 heterocycles. The lowest BCUT2D eigenvalue weighted by Crippen LogP contribution is -2.43. The van der Waals surface area contributed by atoms with Gasteiger partial charge in [-0.3, -0.25) is 9.69 Å². The molecule has 0 atom stereocenters. The van der Waals surface area contributed by atoms with Gasteiger partial charge in [0.1, 0.15) is 11.6 Å². The van der Waals surface area contributed by atoms with Crippen LogP contribution in [-0.4, -0.2) is 64.7 Å². The molecule has 0 unspecified atom stereocenters. The third-order valence-electron chi connectivity index (χ3n) is 5.57. The van der Waals surface area contributed by atoms with Gasteiger partial charge in [-0.1, -0.05) is 23.7 Å². The standard InChI is InChI=1S/C24H26ClFN4O2/c25-21-5-3-20(4-6-21)24(31)30(12-11-28-13-15-32-16-14-28)18-23-27-9-10-29(23)17-19-1-7-22(26)8-2-19/h1-10H,11-18H2. The van der Waals surface area contributed by atoms with E-state index < -0.39 is 0 Å². The predicted molar refractivity (Wildman–Crippen MR) is 121 cm³/mol. The Hall–Kier alpha value is -2.74. The Morgan fingerprint density at radius 3 is 2.53 bits per heavy atom. The first kappa shape index (κ1) is 22.5. The molecule has 1 aromatic heterocycles. The number of imidazole rings is 1. The molecule has 1 saturated heterocycles. The predicted octanol–water partition coefficient (Wildman–Crippen LogP) is 3.70. The fraction of sp³-hybridized carbons (Fsp3) is 0.333. The minimum atomic E-state index is -0.262. The second-order valence-corrected chi connectivity index (χ2v) is 8.22. The second kappa shape index (κ2) is 10.7. The van der Waals surface area contributed by atoms with Crippen molar-refractivity contribution >= 4 is 17.5 Å². The van der Waals surface area contributed by atoms with Crippen LogP contribution in [0.3, 0.4) is 0 Å². The van der Waals surface area contributed by atoms with Crippen molar-refractivity contribution in [3.63, 3.8) is 0 Å². The van der Waals surface area contributed by atoms with E-state index in [0.717, 1.165) is 31.0 Å². The molecule has 4 rings (SSSR count). The number of rotatable bonds is 8. The molecule has 0 saturated carbocycles. The number of nitrogens with zero attached hydrogens (tertiary/aromatic N) is 4.